The van der Waals surface area contributed by atoms with E-state index in [0.717, 1.165) is 0 Å². The molecule has 14 heavy (non-hydrogen) atoms. The van der Waals surface area contributed by atoms with E-state index in [9.17, 15) is 15.0 Å². The number of hydrogen-bond acceptors (Lipinski definition) is 5. The largest absolute Gasteiger partial charge is 0.395 e. The first-order valence-corrected chi connectivity index (χ1v) is 4.53. The van der Waals surface area contributed by atoms with Crippen LogP contribution in [0.3, 0.4) is 0 Å². The molecular formula is C8H16N2O4. The smallest absolute Gasteiger partial charge is 0.216 e. The Kier molecular flexibility index (Phi) is 3.82. The van der Waals surface area contributed by atoms with Crippen molar-refractivity contribution in [1.29, 1.82) is 0 Å². The first-order valence-electron chi connectivity index (χ1n) is 4.53. The topological polar surface area (TPSA) is 102 Å². The molecule has 0 radical (unpaired) electrons. The minimum absolute atomic E-state index is 0.194. The average molecular weight is 204 g/mol. The summed E-state index contributed by atoms with van der Waals surface area (Å²) in [5.74, 6) is -0.194. The highest BCUT2D eigenvalue weighted by Crippen LogP contribution is 2.13. The summed E-state index contributed by atoms with van der Waals surface area (Å²) in [6.07, 6.45) is -1.95. The molecule has 0 saturated carbocycles. The molecule has 6 heteroatoms. The van der Waals surface area contributed by atoms with Gasteiger partial charge in [0.05, 0.1) is 30.9 Å². The molecule has 0 aliphatic carbocycles. The lowest BCUT2D eigenvalue weighted by molar-refractivity contribution is -0.119. The molecule has 4 atom stereocenters. The van der Waals surface area contributed by atoms with Gasteiger partial charge in [-0.1, -0.05) is 0 Å². The predicted molar refractivity (Wildman–Crippen MR) is 48.5 cm³/mol. The van der Waals surface area contributed by atoms with Crippen LogP contribution in [0.25, 0.3) is 0 Å². The van der Waals surface area contributed by atoms with E-state index >= 15 is 0 Å². The number of aliphatic hydroxyl groups is 3. The maximum Gasteiger partial charge on any atom is 0.216 e. The average Bonchev–Trinajstić information content (AvgIpc) is 2.41. The van der Waals surface area contributed by atoms with Gasteiger partial charge in [0, 0.05) is 13.5 Å². The highest BCUT2D eigenvalue weighted by molar-refractivity contribution is 5.72. The lowest BCUT2D eigenvalue weighted by Crippen LogP contribution is -2.43. The highest BCUT2D eigenvalue weighted by atomic mass is 16.3. The van der Waals surface area contributed by atoms with Crippen molar-refractivity contribution < 1.29 is 20.1 Å². The van der Waals surface area contributed by atoms with E-state index in [4.69, 9.17) is 5.11 Å². The fourth-order valence-corrected chi connectivity index (χ4v) is 1.54. The maximum atomic E-state index is 10.6. The first kappa shape index (κ1) is 11.4. The third kappa shape index (κ3) is 2.42. The first-order chi connectivity index (χ1) is 6.56. The summed E-state index contributed by atoms with van der Waals surface area (Å²) in [5.41, 5.74) is 0. The second kappa shape index (κ2) is 4.70. The number of amides is 1. The molecule has 1 aliphatic rings. The Balaban J connectivity index is 2.44. The normalized spacial score (nSPS) is 37.1. The summed E-state index contributed by atoms with van der Waals surface area (Å²) in [6.45, 7) is 1.38. The van der Waals surface area contributed by atoms with Crippen molar-refractivity contribution in [3.8, 4) is 0 Å². The van der Waals surface area contributed by atoms with E-state index < -0.39 is 24.3 Å². The molecule has 1 saturated heterocycles. The summed E-state index contributed by atoms with van der Waals surface area (Å²) in [7, 11) is 0. The van der Waals surface area contributed by atoms with Crippen molar-refractivity contribution in [3.05, 3.63) is 0 Å². The van der Waals surface area contributed by atoms with Crippen LogP contribution in [0.1, 0.15) is 6.92 Å². The van der Waals surface area contributed by atoms with Crippen LogP contribution in [-0.4, -0.2) is 58.7 Å². The number of carbonyl (C=O) groups is 1. The van der Waals surface area contributed by atoms with Gasteiger partial charge in [-0.25, -0.2) is 0 Å². The van der Waals surface area contributed by atoms with Gasteiger partial charge in [0.25, 0.3) is 0 Å². The Bertz CT molecular complexity index is 212. The van der Waals surface area contributed by atoms with Crippen LogP contribution >= 0.6 is 0 Å². The van der Waals surface area contributed by atoms with Gasteiger partial charge in [-0.2, -0.15) is 0 Å². The summed E-state index contributed by atoms with van der Waals surface area (Å²) in [5, 5.41) is 33.1. The SMILES string of the molecule is CC(=O)NCC1N[C@H](CO)[C@@H](O)[C@H]1O. The van der Waals surface area contributed by atoms with Crippen LogP contribution in [-0.2, 0) is 4.79 Å². The number of nitrogens with one attached hydrogen (secondary N) is 2. The van der Waals surface area contributed by atoms with Crippen LogP contribution in [0.4, 0.5) is 0 Å². The maximum absolute atomic E-state index is 10.6. The van der Waals surface area contributed by atoms with Gasteiger partial charge in [0.2, 0.25) is 5.91 Å². The Morgan fingerprint density at radius 1 is 1.36 bits per heavy atom. The number of rotatable bonds is 3. The zero-order valence-corrected chi connectivity index (χ0v) is 7.97. The van der Waals surface area contributed by atoms with Gasteiger partial charge in [-0.05, 0) is 0 Å². The highest BCUT2D eigenvalue weighted by Gasteiger charge is 2.40. The molecule has 0 bridgehead atoms. The molecule has 5 N–H and O–H groups in total. The summed E-state index contributed by atoms with van der Waals surface area (Å²) >= 11 is 0. The predicted octanol–water partition coefficient (Wildman–Crippen LogP) is -2.82. The zero-order chi connectivity index (χ0) is 10.7. The standard InChI is InChI=1S/C8H16N2O4/c1-4(12)9-2-5-7(13)8(14)6(3-11)10-5/h5-8,10-11,13-14H,2-3H2,1H3,(H,9,12)/t5?,6-,7+,8-/m1/s1. The van der Waals surface area contributed by atoms with Gasteiger partial charge >= 0.3 is 0 Å². The molecule has 0 spiro atoms. The van der Waals surface area contributed by atoms with Crippen LogP contribution in [0.5, 0.6) is 0 Å². The minimum Gasteiger partial charge on any atom is -0.395 e. The van der Waals surface area contributed by atoms with Crippen molar-refractivity contribution in [3.63, 3.8) is 0 Å². The van der Waals surface area contributed by atoms with E-state index in [1.165, 1.54) is 6.92 Å². The summed E-state index contributed by atoms with van der Waals surface area (Å²) < 4.78 is 0. The van der Waals surface area contributed by atoms with E-state index in [1.54, 1.807) is 0 Å². The van der Waals surface area contributed by atoms with Gasteiger partial charge in [-0.3, -0.25) is 4.79 Å². The fraction of sp³-hybridized carbons (Fsp3) is 0.875. The Hall–Kier alpha value is -0.690. The monoisotopic (exact) mass is 204 g/mol. The molecule has 1 heterocycles. The van der Waals surface area contributed by atoms with Gasteiger partial charge in [0.1, 0.15) is 0 Å². The van der Waals surface area contributed by atoms with E-state index in [0.29, 0.717) is 0 Å². The third-order valence-corrected chi connectivity index (χ3v) is 2.37. The Labute approximate surface area is 81.9 Å². The van der Waals surface area contributed by atoms with Crippen LogP contribution in [0, 0.1) is 0 Å². The fourth-order valence-electron chi connectivity index (χ4n) is 1.54. The second-order valence-electron chi connectivity index (χ2n) is 3.48. The molecule has 1 rings (SSSR count). The Morgan fingerprint density at radius 2 is 1.93 bits per heavy atom. The van der Waals surface area contributed by atoms with Crippen molar-refractivity contribution in [1.82, 2.24) is 10.6 Å². The number of hydrogen-bond donors (Lipinski definition) is 5. The third-order valence-electron chi connectivity index (χ3n) is 2.37. The van der Waals surface area contributed by atoms with Crippen molar-refractivity contribution in [2.75, 3.05) is 13.2 Å². The second-order valence-corrected chi connectivity index (χ2v) is 3.48. The van der Waals surface area contributed by atoms with Crippen molar-refractivity contribution >= 4 is 5.91 Å². The molecule has 1 fully saturated rings. The van der Waals surface area contributed by atoms with Crippen LogP contribution in [0.2, 0.25) is 0 Å². The van der Waals surface area contributed by atoms with E-state index in [2.05, 4.69) is 10.6 Å². The van der Waals surface area contributed by atoms with Gasteiger partial charge < -0.3 is 26.0 Å². The molecular weight excluding hydrogens is 188 g/mol. The van der Waals surface area contributed by atoms with E-state index in [1.807, 2.05) is 0 Å². The molecule has 1 unspecified atom stereocenters. The number of carbonyl (C=O) groups excluding carboxylic acids is 1. The lowest BCUT2D eigenvalue weighted by Gasteiger charge is -2.15. The minimum atomic E-state index is -0.987. The van der Waals surface area contributed by atoms with Crippen LogP contribution < -0.4 is 10.6 Å². The molecule has 82 valence electrons. The van der Waals surface area contributed by atoms with Gasteiger partial charge in [0.15, 0.2) is 0 Å². The molecule has 1 amide bonds. The van der Waals surface area contributed by atoms with Gasteiger partial charge in [-0.15, -0.1) is 0 Å². The zero-order valence-electron chi connectivity index (χ0n) is 7.97. The molecule has 0 aromatic heterocycles. The molecule has 0 aromatic rings. The summed E-state index contributed by atoms with van der Waals surface area (Å²) in [6, 6.07) is -0.935. The number of aliphatic hydroxyl groups excluding tert-OH is 3. The molecule has 1 aliphatic heterocycles. The van der Waals surface area contributed by atoms with E-state index in [-0.39, 0.29) is 19.1 Å². The summed E-state index contributed by atoms with van der Waals surface area (Å²) in [4.78, 5) is 10.6. The van der Waals surface area contributed by atoms with Crippen LogP contribution in [0.15, 0.2) is 0 Å². The Morgan fingerprint density at radius 3 is 2.36 bits per heavy atom. The van der Waals surface area contributed by atoms with Crippen molar-refractivity contribution in [2.24, 2.45) is 0 Å². The molecule has 6 nitrogen and oxygen atoms in total. The van der Waals surface area contributed by atoms with Crippen molar-refractivity contribution in [2.45, 2.75) is 31.2 Å². The molecule has 0 aromatic carbocycles. The quantitative estimate of drug-likeness (QED) is 0.341. The lowest BCUT2D eigenvalue weighted by atomic mass is 10.1.